The number of ketones is 1. The number of rotatable bonds is 4. The van der Waals surface area contributed by atoms with Crippen molar-refractivity contribution in [1.29, 1.82) is 0 Å². The molecule has 2 heteroatoms. The number of hydrogen-bond donors (Lipinski definition) is 0. The van der Waals surface area contributed by atoms with Crippen LogP contribution in [0.4, 0.5) is 0 Å². The third kappa shape index (κ3) is 2.22. The molecule has 0 N–H and O–H groups in total. The average molecular weight is 230 g/mol. The number of fused-ring (bicyclic) bond motifs is 1. The molecule has 0 saturated carbocycles. The van der Waals surface area contributed by atoms with Gasteiger partial charge in [0.2, 0.25) is 0 Å². The van der Waals surface area contributed by atoms with Gasteiger partial charge in [0.15, 0.2) is 5.78 Å². The van der Waals surface area contributed by atoms with E-state index in [0.29, 0.717) is 6.42 Å². The van der Waals surface area contributed by atoms with Crippen molar-refractivity contribution in [1.82, 2.24) is 0 Å². The van der Waals surface area contributed by atoms with E-state index in [-0.39, 0.29) is 5.78 Å². The van der Waals surface area contributed by atoms with Crippen LogP contribution >= 0.6 is 11.3 Å². The summed E-state index contributed by atoms with van der Waals surface area (Å²) in [5.41, 5.74) is 1.93. The van der Waals surface area contributed by atoms with E-state index in [1.165, 1.54) is 4.70 Å². The van der Waals surface area contributed by atoms with Crippen molar-refractivity contribution in [2.75, 3.05) is 0 Å². The molecule has 0 radical (unpaired) electrons. The summed E-state index contributed by atoms with van der Waals surface area (Å²) >= 11 is 1.63. The van der Waals surface area contributed by atoms with Crippen molar-refractivity contribution in [2.45, 2.75) is 19.8 Å². The molecule has 0 amide bonds. The molecule has 2 rings (SSSR count). The fourth-order valence-electron chi connectivity index (χ4n) is 1.66. The van der Waals surface area contributed by atoms with Crippen LogP contribution in [-0.2, 0) is 0 Å². The number of benzene rings is 1. The van der Waals surface area contributed by atoms with E-state index in [2.05, 4.69) is 12.6 Å². The zero-order valence-corrected chi connectivity index (χ0v) is 10.1. The lowest BCUT2D eigenvalue weighted by molar-refractivity contribution is 0.0985. The highest BCUT2D eigenvalue weighted by molar-refractivity contribution is 7.17. The van der Waals surface area contributed by atoms with Crippen LogP contribution in [-0.4, -0.2) is 5.78 Å². The van der Waals surface area contributed by atoms with Gasteiger partial charge >= 0.3 is 0 Å². The highest BCUT2D eigenvalue weighted by atomic mass is 32.1. The number of hydrogen-bond acceptors (Lipinski definition) is 2. The minimum atomic E-state index is 0.223. The maximum absolute atomic E-state index is 12.0. The van der Waals surface area contributed by atoms with Crippen molar-refractivity contribution in [3.05, 3.63) is 47.4 Å². The quantitative estimate of drug-likeness (QED) is 0.560. The van der Waals surface area contributed by atoms with E-state index in [9.17, 15) is 4.79 Å². The highest BCUT2D eigenvalue weighted by Crippen LogP contribution is 2.27. The Kier molecular flexibility index (Phi) is 3.20. The Morgan fingerprint density at radius 1 is 1.31 bits per heavy atom. The number of thiophene rings is 1. The molecule has 0 aliphatic carbocycles. The molecule has 1 aromatic carbocycles. The van der Waals surface area contributed by atoms with Crippen LogP contribution in [0.1, 0.15) is 30.1 Å². The molecule has 0 bridgehead atoms. The van der Waals surface area contributed by atoms with Gasteiger partial charge in [0.05, 0.1) is 0 Å². The molecule has 2 aromatic rings. The Hall–Kier alpha value is -1.41. The molecule has 82 valence electrons. The lowest BCUT2D eigenvalue weighted by Gasteiger charge is -1.99. The second kappa shape index (κ2) is 4.62. The van der Waals surface area contributed by atoms with E-state index >= 15 is 0 Å². The minimum absolute atomic E-state index is 0.223. The lowest BCUT2D eigenvalue weighted by atomic mass is 10.0. The van der Waals surface area contributed by atoms with Gasteiger partial charge < -0.3 is 0 Å². The smallest absolute Gasteiger partial charge is 0.164 e. The first kappa shape index (κ1) is 11.1. The first-order valence-electron chi connectivity index (χ1n) is 5.32. The standard InChI is InChI=1S/C14H14OS/c1-10(2)7-8-13(15)12-9-16-14-6-4-3-5-11(12)14/h3-6,9H,1,7-8H2,2H3. The van der Waals surface area contributed by atoms with Crippen molar-refractivity contribution in [2.24, 2.45) is 0 Å². The van der Waals surface area contributed by atoms with E-state index in [1.807, 2.05) is 30.5 Å². The van der Waals surface area contributed by atoms with Crippen LogP contribution in [0.3, 0.4) is 0 Å². The first-order chi connectivity index (χ1) is 7.68. The summed E-state index contributed by atoms with van der Waals surface area (Å²) in [6.45, 7) is 5.78. The van der Waals surface area contributed by atoms with Crippen molar-refractivity contribution >= 4 is 27.2 Å². The number of carbonyl (C=O) groups excluding carboxylic acids is 1. The molecule has 0 aliphatic heterocycles. The first-order valence-corrected chi connectivity index (χ1v) is 6.20. The Labute approximate surface area is 99.4 Å². The molecule has 0 spiro atoms. The fraction of sp³-hybridized carbons (Fsp3) is 0.214. The average Bonchev–Trinajstić information content (AvgIpc) is 2.69. The third-order valence-electron chi connectivity index (χ3n) is 2.56. The number of Topliss-reactive ketones (excluding diaryl/α,β-unsaturated/α-hetero) is 1. The molecule has 0 fully saturated rings. The van der Waals surface area contributed by atoms with Gasteiger partial charge in [-0.3, -0.25) is 4.79 Å². The predicted molar refractivity (Wildman–Crippen MR) is 70.2 cm³/mol. The van der Waals surface area contributed by atoms with Gasteiger partial charge in [-0.05, 0) is 19.4 Å². The summed E-state index contributed by atoms with van der Waals surface area (Å²) in [5, 5.41) is 3.05. The van der Waals surface area contributed by atoms with Crippen LogP contribution in [0.5, 0.6) is 0 Å². The molecule has 0 unspecified atom stereocenters. The summed E-state index contributed by atoms with van der Waals surface area (Å²) in [6, 6.07) is 8.04. The molecule has 0 atom stereocenters. The SMILES string of the molecule is C=C(C)CCC(=O)c1csc2ccccc12. The van der Waals surface area contributed by atoms with Crippen molar-refractivity contribution in [3.8, 4) is 0 Å². The van der Waals surface area contributed by atoms with Crippen LogP contribution in [0.25, 0.3) is 10.1 Å². The zero-order chi connectivity index (χ0) is 11.5. The summed E-state index contributed by atoms with van der Waals surface area (Å²) in [6.07, 6.45) is 1.35. The van der Waals surface area contributed by atoms with Gasteiger partial charge in [0.25, 0.3) is 0 Å². The van der Waals surface area contributed by atoms with Crippen LogP contribution < -0.4 is 0 Å². The van der Waals surface area contributed by atoms with Gasteiger partial charge in [-0.2, -0.15) is 0 Å². The molecule has 0 aliphatic rings. The summed E-state index contributed by atoms with van der Waals surface area (Å²) in [4.78, 5) is 12.0. The monoisotopic (exact) mass is 230 g/mol. The summed E-state index contributed by atoms with van der Waals surface area (Å²) in [5.74, 6) is 0.223. The van der Waals surface area contributed by atoms with E-state index in [0.717, 1.165) is 22.9 Å². The fourth-order valence-corrected chi connectivity index (χ4v) is 2.62. The number of allylic oxidation sites excluding steroid dienone is 1. The zero-order valence-electron chi connectivity index (χ0n) is 9.32. The Bertz CT molecular complexity index is 536. The van der Waals surface area contributed by atoms with Crippen LogP contribution in [0.2, 0.25) is 0 Å². The second-order valence-corrected chi connectivity index (χ2v) is 4.94. The molecule has 1 nitrogen and oxygen atoms in total. The maximum Gasteiger partial charge on any atom is 0.164 e. The van der Waals surface area contributed by atoms with Gasteiger partial charge in [0, 0.05) is 27.5 Å². The maximum atomic E-state index is 12.0. The van der Waals surface area contributed by atoms with Crippen LogP contribution in [0.15, 0.2) is 41.8 Å². The van der Waals surface area contributed by atoms with Gasteiger partial charge in [-0.1, -0.05) is 23.8 Å². The summed E-state index contributed by atoms with van der Waals surface area (Å²) in [7, 11) is 0. The van der Waals surface area contributed by atoms with Crippen LogP contribution in [0, 0.1) is 0 Å². The normalized spacial score (nSPS) is 10.6. The van der Waals surface area contributed by atoms with Gasteiger partial charge in [-0.25, -0.2) is 0 Å². The third-order valence-corrected chi connectivity index (χ3v) is 3.52. The molecule has 1 heterocycles. The summed E-state index contributed by atoms with van der Waals surface area (Å²) < 4.78 is 1.18. The lowest BCUT2D eigenvalue weighted by Crippen LogP contribution is -1.97. The molecule has 16 heavy (non-hydrogen) atoms. The van der Waals surface area contributed by atoms with Crippen molar-refractivity contribution < 1.29 is 4.79 Å². The minimum Gasteiger partial charge on any atom is -0.294 e. The Morgan fingerprint density at radius 3 is 2.81 bits per heavy atom. The Morgan fingerprint density at radius 2 is 2.06 bits per heavy atom. The molecule has 1 aromatic heterocycles. The number of carbonyl (C=O) groups is 1. The van der Waals surface area contributed by atoms with Gasteiger partial charge in [-0.15, -0.1) is 17.9 Å². The largest absolute Gasteiger partial charge is 0.294 e. The molecular weight excluding hydrogens is 216 g/mol. The topological polar surface area (TPSA) is 17.1 Å². The second-order valence-electron chi connectivity index (χ2n) is 4.03. The van der Waals surface area contributed by atoms with E-state index in [4.69, 9.17) is 0 Å². The van der Waals surface area contributed by atoms with Crippen molar-refractivity contribution in [3.63, 3.8) is 0 Å². The highest BCUT2D eigenvalue weighted by Gasteiger charge is 2.11. The van der Waals surface area contributed by atoms with Gasteiger partial charge in [0.1, 0.15) is 0 Å². The molecular formula is C14H14OS. The van der Waals surface area contributed by atoms with E-state index in [1.54, 1.807) is 11.3 Å². The Balaban J connectivity index is 2.26. The molecule has 0 saturated heterocycles. The predicted octanol–water partition coefficient (Wildman–Crippen LogP) is 4.44. The van der Waals surface area contributed by atoms with E-state index < -0.39 is 0 Å².